The molecule has 174 valence electrons. The smallest absolute Gasteiger partial charge is 0.243 e. The fourth-order valence-electron chi connectivity index (χ4n) is 4.27. The number of rotatable bonds is 8. The molecule has 1 saturated heterocycles. The number of hydrogen-bond donors (Lipinski definition) is 1. The van der Waals surface area contributed by atoms with Gasteiger partial charge in [-0.25, -0.2) is 8.42 Å². The molecular weight excluding hydrogens is 448 g/mol. The van der Waals surface area contributed by atoms with E-state index in [-0.39, 0.29) is 11.3 Å². The van der Waals surface area contributed by atoms with Gasteiger partial charge in [-0.3, -0.25) is 9.10 Å². The van der Waals surface area contributed by atoms with E-state index in [1.54, 1.807) is 25.1 Å². The fraction of sp³-hybridized carbons (Fsp3) is 0.458. The molecule has 0 unspecified atom stereocenters. The summed E-state index contributed by atoms with van der Waals surface area (Å²) in [4.78, 5) is 13.3. The minimum atomic E-state index is -3.72. The van der Waals surface area contributed by atoms with Crippen LogP contribution in [-0.4, -0.2) is 46.4 Å². The van der Waals surface area contributed by atoms with Gasteiger partial charge in [-0.1, -0.05) is 54.9 Å². The van der Waals surface area contributed by atoms with E-state index in [0.29, 0.717) is 36.9 Å². The Bertz CT molecular complexity index is 1040. The van der Waals surface area contributed by atoms with Crippen LogP contribution in [0.2, 0.25) is 5.02 Å². The Hall–Kier alpha value is -2.09. The lowest BCUT2D eigenvalue weighted by molar-refractivity contribution is -0.122. The number of amides is 1. The molecule has 1 heterocycles. The van der Waals surface area contributed by atoms with E-state index in [4.69, 9.17) is 16.3 Å². The molecule has 1 amide bonds. The number of sulfonamides is 1. The van der Waals surface area contributed by atoms with Gasteiger partial charge in [0.25, 0.3) is 0 Å². The molecule has 0 saturated carbocycles. The van der Waals surface area contributed by atoms with Crippen molar-refractivity contribution in [1.82, 2.24) is 5.32 Å². The number of nitrogens with zero attached hydrogens (tertiary/aromatic N) is 1. The predicted molar refractivity (Wildman–Crippen MR) is 129 cm³/mol. The molecule has 1 fully saturated rings. The Labute approximate surface area is 196 Å². The first-order valence-electron chi connectivity index (χ1n) is 10.8. The number of ether oxygens (including phenoxy) is 1. The van der Waals surface area contributed by atoms with Crippen molar-refractivity contribution in [3.63, 3.8) is 0 Å². The van der Waals surface area contributed by atoms with Crippen molar-refractivity contribution in [1.29, 1.82) is 0 Å². The first kappa shape index (κ1) is 24.6. The molecule has 0 bridgehead atoms. The normalized spacial score (nSPS) is 16.9. The fourth-order valence-corrected chi connectivity index (χ4v) is 5.65. The Morgan fingerprint density at radius 1 is 1.19 bits per heavy atom. The average Bonchev–Trinajstić information content (AvgIpc) is 2.78. The van der Waals surface area contributed by atoms with E-state index in [1.165, 1.54) is 4.31 Å². The standard InChI is InChI=1S/C24H31ClN2O4S/c1-4-22(27(32(3,29)30)20-11-10-18(2)21(25)16-20)23(28)26-17-24(12-14-31-15-13-24)19-8-6-5-7-9-19/h5-11,16,22H,4,12-15,17H2,1-3H3,(H,26,28)/t22-/m0/s1. The summed E-state index contributed by atoms with van der Waals surface area (Å²) in [5.74, 6) is -0.323. The highest BCUT2D eigenvalue weighted by atomic mass is 35.5. The molecule has 6 nitrogen and oxygen atoms in total. The average molecular weight is 479 g/mol. The zero-order chi connectivity index (χ0) is 23.4. The maximum atomic E-state index is 13.3. The summed E-state index contributed by atoms with van der Waals surface area (Å²) < 4.78 is 32.2. The molecule has 2 aromatic rings. The minimum absolute atomic E-state index is 0.240. The lowest BCUT2D eigenvalue weighted by atomic mass is 9.74. The number of nitrogens with one attached hydrogen (secondary N) is 1. The highest BCUT2D eigenvalue weighted by molar-refractivity contribution is 7.92. The number of hydrogen-bond acceptors (Lipinski definition) is 4. The summed E-state index contributed by atoms with van der Waals surface area (Å²) in [6, 6.07) is 14.3. The third-order valence-corrected chi connectivity index (χ3v) is 7.76. The van der Waals surface area contributed by atoms with E-state index >= 15 is 0 Å². The third-order valence-electron chi connectivity index (χ3n) is 6.18. The molecule has 0 aliphatic carbocycles. The number of anilines is 1. The third kappa shape index (κ3) is 5.45. The molecule has 8 heteroatoms. The molecule has 0 aromatic heterocycles. The molecule has 0 radical (unpaired) electrons. The van der Waals surface area contributed by atoms with Crippen LogP contribution in [0.1, 0.15) is 37.3 Å². The summed E-state index contributed by atoms with van der Waals surface area (Å²) in [5, 5.41) is 3.51. The topological polar surface area (TPSA) is 75.7 Å². The van der Waals surface area contributed by atoms with Crippen molar-refractivity contribution < 1.29 is 17.9 Å². The lowest BCUT2D eigenvalue weighted by Gasteiger charge is -2.39. The van der Waals surface area contributed by atoms with Gasteiger partial charge in [-0.05, 0) is 49.4 Å². The minimum Gasteiger partial charge on any atom is -0.381 e. The first-order chi connectivity index (χ1) is 15.2. The molecule has 1 N–H and O–H groups in total. The van der Waals surface area contributed by atoms with Crippen LogP contribution in [-0.2, 0) is 25.0 Å². The number of carbonyl (C=O) groups excluding carboxylic acids is 1. The summed E-state index contributed by atoms with van der Waals surface area (Å²) in [6.07, 6.45) is 3.02. The van der Waals surface area contributed by atoms with Crippen LogP contribution in [0.15, 0.2) is 48.5 Å². The number of carbonyl (C=O) groups is 1. The van der Waals surface area contributed by atoms with Crippen molar-refractivity contribution in [2.75, 3.05) is 30.3 Å². The summed E-state index contributed by atoms with van der Waals surface area (Å²) in [5.41, 5.74) is 2.14. The SMILES string of the molecule is CC[C@@H](C(=O)NCC1(c2ccccc2)CCOCC1)N(c1ccc(C)c(Cl)c1)S(C)(=O)=O. The van der Waals surface area contributed by atoms with E-state index in [1.807, 2.05) is 25.1 Å². The van der Waals surface area contributed by atoms with Crippen LogP contribution in [0.4, 0.5) is 5.69 Å². The molecule has 2 aromatic carbocycles. The lowest BCUT2D eigenvalue weighted by Crippen LogP contribution is -2.52. The second kappa shape index (κ2) is 10.2. The maximum absolute atomic E-state index is 13.3. The van der Waals surface area contributed by atoms with Gasteiger partial charge < -0.3 is 10.1 Å². The summed E-state index contributed by atoms with van der Waals surface area (Å²) in [6.45, 7) is 5.32. The molecule has 0 spiro atoms. The molecule has 1 atom stereocenters. The molecule has 1 aliphatic rings. The van der Waals surface area contributed by atoms with Gasteiger partial charge in [0.15, 0.2) is 0 Å². The van der Waals surface area contributed by atoms with Gasteiger partial charge in [0, 0.05) is 30.2 Å². The van der Waals surface area contributed by atoms with Gasteiger partial charge in [0.05, 0.1) is 11.9 Å². The predicted octanol–water partition coefficient (Wildman–Crippen LogP) is 4.06. The van der Waals surface area contributed by atoms with Gasteiger partial charge in [-0.15, -0.1) is 0 Å². The van der Waals surface area contributed by atoms with Crippen LogP contribution in [0, 0.1) is 6.92 Å². The van der Waals surface area contributed by atoms with Crippen molar-refractivity contribution in [3.8, 4) is 0 Å². The number of aryl methyl sites for hydroxylation is 1. The maximum Gasteiger partial charge on any atom is 0.243 e. The van der Waals surface area contributed by atoms with Crippen LogP contribution in [0.25, 0.3) is 0 Å². The summed E-state index contributed by atoms with van der Waals surface area (Å²) in [7, 11) is -3.72. The van der Waals surface area contributed by atoms with Crippen LogP contribution in [0.3, 0.4) is 0 Å². The van der Waals surface area contributed by atoms with Crippen LogP contribution < -0.4 is 9.62 Å². The van der Waals surface area contributed by atoms with Gasteiger partial charge in [-0.2, -0.15) is 0 Å². The highest BCUT2D eigenvalue weighted by Gasteiger charge is 2.37. The van der Waals surface area contributed by atoms with E-state index in [9.17, 15) is 13.2 Å². The van der Waals surface area contributed by atoms with Crippen LogP contribution in [0.5, 0.6) is 0 Å². The number of halogens is 1. The summed E-state index contributed by atoms with van der Waals surface area (Å²) >= 11 is 6.25. The van der Waals surface area contributed by atoms with Gasteiger partial charge in [0.1, 0.15) is 6.04 Å². The zero-order valence-corrected chi connectivity index (χ0v) is 20.4. The Morgan fingerprint density at radius 3 is 2.41 bits per heavy atom. The van der Waals surface area contributed by atoms with Crippen molar-refractivity contribution in [2.45, 2.75) is 44.6 Å². The highest BCUT2D eigenvalue weighted by Crippen LogP contribution is 2.34. The Balaban J connectivity index is 1.86. The van der Waals surface area contributed by atoms with E-state index in [2.05, 4.69) is 17.4 Å². The van der Waals surface area contributed by atoms with Gasteiger partial charge >= 0.3 is 0 Å². The van der Waals surface area contributed by atoms with Crippen molar-refractivity contribution in [3.05, 3.63) is 64.7 Å². The van der Waals surface area contributed by atoms with Crippen molar-refractivity contribution in [2.24, 2.45) is 0 Å². The molecule has 3 rings (SSSR count). The first-order valence-corrected chi connectivity index (χ1v) is 13.1. The molecule has 32 heavy (non-hydrogen) atoms. The Kier molecular flexibility index (Phi) is 7.85. The van der Waals surface area contributed by atoms with Gasteiger partial charge in [0.2, 0.25) is 15.9 Å². The van der Waals surface area contributed by atoms with Crippen molar-refractivity contribution >= 4 is 33.2 Å². The molecule has 1 aliphatic heterocycles. The second-order valence-corrected chi connectivity index (χ2v) is 10.7. The second-order valence-electron chi connectivity index (χ2n) is 8.39. The zero-order valence-electron chi connectivity index (χ0n) is 18.8. The number of benzene rings is 2. The largest absolute Gasteiger partial charge is 0.381 e. The van der Waals surface area contributed by atoms with E-state index < -0.39 is 16.1 Å². The monoisotopic (exact) mass is 478 g/mol. The van der Waals surface area contributed by atoms with E-state index in [0.717, 1.165) is 30.2 Å². The molecular formula is C24H31ClN2O4S. The quantitative estimate of drug-likeness (QED) is 0.620. The Morgan fingerprint density at radius 2 is 1.84 bits per heavy atom. The van der Waals surface area contributed by atoms with Crippen LogP contribution >= 0.6 is 11.6 Å².